The first kappa shape index (κ1) is 14.3. The van der Waals surface area contributed by atoms with Gasteiger partial charge in [-0.25, -0.2) is 4.98 Å². The van der Waals surface area contributed by atoms with Crippen LogP contribution >= 0.6 is 15.9 Å². The van der Waals surface area contributed by atoms with Gasteiger partial charge in [0.25, 0.3) is 0 Å². The van der Waals surface area contributed by atoms with E-state index in [0.717, 1.165) is 40.2 Å². The van der Waals surface area contributed by atoms with Gasteiger partial charge in [0.1, 0.15) is 5.82 Å². The predicted octanol–water partition coefficient (Wildman–Crippen LogP) is 4.04. The fraction of sp³-hybridized carbons (Fsp3) is 0.400. The molecule has 0 saturated heterocycles. The van der Waals surface area contributed by atoms with Gasteiger partial charge < -0.3 is 10.3 Å². The Bertz CT molecular complexity index is 548. The average molecular weight is 322 g/mol. The first-order valence-corrected chi connectivity index (χ1v) is 7.44. The summed E-state index contributed by atoms with van der Waals surface area (Å²) >= 11 is 3.50. The van der Waals surface area contributed by atoms with Crippen molar-refractivity contribution in [3.05, 3.63) is 40.3 Å². The standard InChI is InChI=1S/C15H20BrN3/c1-4-10(2)17-9-14-18-11(3)15(19-14)12-6-5-7-13(16)8-12/h5-8,10,17H,4,9H2,1-3H3,(H,18,19). The number of rotatable bonds is 5. The molecule has 0 aliphatic rings. The largest absolute Gasteiger partial charge is 0.344 e. The van der Waals surface area contributed by atoms with E-state index in [-0.39, 0.29) is 0 Å². The first-order valence-electron chi connectivity index (χ1n) is 6.65. The van der Waals surface area contributed by atoms with Crippen molar-refractivity contribution in [2.75, 3.05) is 0 Å². The monoisotopic (exact) mass is 321 g/mol. The third kappa shape index (κ3) is 3.67. The van der Waals surface area contributed by atoms with E-state index in [0.29, 0.717) is 6.04 Å². The molecule has 1 heterocycles. The first-order chi connectivity index (χ1) is 9.10. The lowest BCUT2D eigenvalue weighted by atomic mass is 10.1. The van der Waals surface area contributed by atoms with Crippen LogP contribution in [0.15, 0.2) is 28.7 Å². The maximum Gasteiger partial charge on any atom is 0.121 e. The van der Waals surface area contributed by atoms with Crippen molar-refractivity contribution in [1.82, 2.24) is 15.3 Å². The van der Waals surface area contributed by atoms with Gasteiger partial charge in [-0.1, -0.05) is 35.0 Å². The van der Waals surface area contributed by atoms with E-state index in [9.17, 15) is 0 Å². The van der Waals surface area contributed by atoms with Crippen molar-refractivity contribution < 1.29 is 0 Å². The molecule has 2 aromatic rings. The van der Waals surface area contributed by atoms with E-state index in [4.69, 9.17) is 0 Å². The smallest absolute Gasteiger partial charge is 0.121 e. The summed E-state index contributed by atoms with van der Waals surface area (Å²) < 4.78 is 1.08. The SMILES string of the molecule is CCC(C)NCc1nc(-c2cccc(Br)c2)c(C)[nH]1. The number of halogens is 1. The van der Waals surface area contributed by atoms with Gasteiger partial charge in [0.15, 0.2) is 0 Å². The number of aromatic amines is 1. The molecular weight excluding hydrogens is 302 g/mol. The van der Waals surface area contributed by atoms with E-state index in [1.807, 2.05) is 12.1 Å². The van der Waals surface area contributed by atoms with Crippen LogP contribution in [0.3, 0.4) is 0 Å². The molecular formula is C15H20BrN3. The summed E-state index contributed by atoms with van der Waals surface area (Å²) in [5, 5.41) is 3.45. The number of H-pyrrole nitrogens is 1. The van der Waals surface area contributed by atoms with Crippen molar-refractivity contribution in [2.24, 2.45) is 0 Å². The van der Waals surface area contributed by atoms with Gasteiger partial charge in [-0.3, -0.25) is 0 Å². The zero-order chi connectivity index (χ0) is 13.8. The summed E-state index contributed by atoms with van der Waals surface area (Å²) in [6.45, 7) is 7.21. The lowest BCUT2D eigenvalue weighted by Gasteiger charge is -2.08. The Morgan fingerprint density at radius 3 is 2.89 bits per heavy atom. The summed E-state index contributed by atoms with van der Waals surface area (Å²) in [7, 11) is 0. The predicted molar refractivity (Wildman–Crippen MR) is 83.1 cm³/mol. The topological polar surface area (TPSA) is 40.7 Å². The fourth-order valence-electron chi connectivity index (χ4n) is 1.94. The van der Waals surface area contributed by atoms with Crippen molar-refractivity contribution in [3.63, 3.8) is 0 Å². The van der Waals surface area contributed by atoms with Gasteiger partial charge in [-0.15, -0.1) is 0 Å². The maximum absolute atomic E-state index is 4.69. The van der Waals surface area contributed by atoms with Crippen LogP contribution in [-0.4, -0.2) is 16.0 Å². The third-order valence-corrected chi connectivity index (χ3v) is 3.76. The number of hydrogen-bond acceptors (Lipinski definition) is 2. The van der Waals surface area contributed by atoms with E-state index >= 15 is 0 Å². The molecule has 1 atom stereocenters. The average Bonchev–Trinajstić information content (AvgIpc) is 2.77. The maximum atomic E-state index is 4.69. The zero-order valence-corrected chi connectivity index (χ0v) is 13.2. The van der Waals surface area contributed by atoms with Crippen molar-refractivity contribution in [1.29, 1.82) is 0 Å². The second-order valence-corrected chi connectivity index (χ2v) is 5.77. The van der Waals surface area contributed by atoms with Gasteiger partial charge in [-0.2, -0.15) is 0 Å². The summed E-state index contributed by atoms with van der Waals surface area (Å²) in [6, 6.07) is 8.75. The molecule has 3 nitrogen and oxygen atoms in total. The molecule has 0 spiro atoms. The van der Waals surface area contributed by atoms with Crippen LogP contribution in [0, 0.1) is 6.92 Å². The van der Waals surface area contributed by atoms with Crippen molar-refractivity contribution in [3.8, 4) is 11.3 Å². The molecule has 0 bridgehead atoms. The quantitative estimate of drug-likeness (QED) is 0.872. The van der Waals surface area contributed by atoms with Crippen LogP contribution in [0.1, 0.15) is 31.8 Å². The Morgan fingerprint density at radius 2 is 2.21 bits per heavy atom. The second kappa shape index (κ2) is 6.35. The van der Waals surface area contributed by atoms with Gasteiger partial charge in [0.05, 0.1) is 12.2 Å². The molecule has 2 rings (SSSR count). The Balaban J connectivity index is 2.17. The van der Waals surface area contributed by atoms with E-state index in [1.165, 1.54) is 0 Å². The molecule has 2 N–H and O–H groups in total. The molecule has 1 aromatic heterocycles. The molecule has 0 saturated carbocycles. The summed E-state index contributed by atoms with van der Waals surface area (Å²) in [6.07, 6.45) is 1.12. The zero-order valence-electron chi connectivity index (χ0n) is 11.6. The molecule has 0 aliphatic carbocycles. The van der Waals surface area contributed by atoms with Crippen LogP contribution in [-0.2, 0) is 6.54 Å². The fourth-order valence-corrected chi connectivity index (χ4v) is 2.34. The number of aromatic nitrogens is 2. The molecule has 4 heteroatoms. The number of hydrogen-bond donors (Lipinski definition) is 2. The van der Waals surface area contributed by atoms with Crippen LogP contribution in [0.2, 0.25) is 0 Å². The van der Waals surface area contributed by atoms with E-state index in [2.05, 4.69) is 64.1 Å². The van der Waals surface area contributed by atoms with Gasteiger partial charge in [0.2, 0.25) is 0 Å². The highest BCUT2D eigenvalue weighted by Crippen LogP contribution is 2.24. The van der Waals surface area contributed by atoms with Crippen LogP contribution < -0.4 is 5.32 Å². The molecule has 0 aliphatic heterocycles. The Morgan fingerprint density at radius 1 is 1.42 bits per heavy atom. The van der Waals surface area contributed by atoms with Gasteiger partial charge >= 0.3 is 0 Å². The van der Waals surface area contributed by atoms with Crippen molar-refractivity contribution in [2.45, 2.75) is 39.8 Å². The normalized spacial score (nSPS) is 12.6. The minimum absolute atomic E-state index is 0.514. The minimum atomic E-state index is 0.514. The number of benzene rings is 1. The van der Waals surface area contributed by atoms with Gasteiger partial charge in [0, 0.05) is 21.8 Å². The number of nitrogens with one attached hydrogen (secondary N) is 2. The Hall–Kier alpha value is -1.13. The highest BCUT2D eigenvalue weighted by Gasteiger charge is 2.09. The molecule has 1 aromatic carbocycles. The summed E-state index contributed by atoms with van der Waals surface area (Å²) in [4.78, 5) is 8.04. The lowest BCUT2D eigenvalue weighted by molar-refractivity contribution is 0.525. The third-order valence-electron chi connectivity index (χ3n) is 3.26. The van der Waals surface area contributed by atoms with E-state index < -0.39 is 0 Å². The molecule has 0 fully saturated rings. The Labute approximate surface area is 123 Å². The molecule has 0 amide bonds. The molecule has 0 radical (unpaired) electrons. The molecule has 1 unspecified atom stereocenters. The van der Waals surface area contributed by atoms with Gasteiger partial charge in [-0.05, 0) is 32.4 Å². The minimum Gasteiger partial charge on any atom is -0.344 e. The highest BCUT2D eigenvalue weighted by molar-refractivity contribution is 9.10. The number of nitrogens with zero attached hydrogens (tertiary/aromatic N) is 1. The summed E-state index contributed by atoms with van der Waals surface area (Å²) in [5.74, 6) is 0.993. The molecule has 102 valence electrons. The number of aryl methyl sites for hydroxylation is 1. The van der Waals surface area contributed by atoms with Crippen LogP contribution in [0.5, 0.6) is 0 Å². The highest BCUT2D eigenvalue weighted by atomic mass is 79.9. The Kier molecular flexibility index (Phi) is 4.77. The van der Waals surface area contributed by atoms with Crippen LogP contribution in [0.25, 0.3) is 11.3 Å². The second-order valence-electron chi connectivity index (χ2n) is 4.86. The van der Waals surface area contributed by atoms with Crippen molar-refractivity contribution >= 4 is 15.9 Å². The lowest BCUT2D eigenvalue weighted by Crippen LogP contribution is -2.24. The number of imidazole rings is 1. The van der Waals surface area contributed by atoms with Crippen LogP contribution in [0.4, 0.5) is 0 Å². The van der Waals surface area contributed by atoms with E-state index in [1.54, 1.807) is 0 Å². The summed E-state index contributed by atoms with van der Waals surface area (Å²) in [5.41, 5.74) is 3.28. The molecule has 19 heavy (non-hydrogen) atoms.